The van der Waals surface area contributed by atoms with E-state index in [-0.39, 0.29) is 23.6 Å². The van der Waals surface area contributed by atoms with Gasteiger partial charge in [0.05, 0.1) is 53.1 Å². The number of fused-ring (bicyclic) bond motifs is 2. The van der Waals surface area contributed by atoms with Crippen LogP contribution in [0, 0.1) is 11.6 Å². The lowest BCUT2D eigenvalue weighted by Crippen LogP contribution is -2.45. The lowest BCUT2D eigenvalue weighted by molar-refractivity contribution is -0.154. The quantitative estimate of drug-likeness (QED) is 0.277. The second-order valence-corrected chi connectivity index (χ2v) is 13.3. The third-order valence-corrected chi connectivity index (χ3v) is 8.31. The van der Waals surface area contributed by atoms with E-state index < -0.39 is 29.2 Å². The number of hydrogen-bond donors (Lipinski definition) is 0. The molecule has 2 aliphatic heterocycles. The molecule has 12 nitrogen and oxygen atoms in total. The molecule has 0 unspecified atom stereocenters. The van der Waals surface area contributed by atoms with Crippen molar-refractivity contribution in [1.82, 2.24) is 29.7 Å². The fraction of sp³-hybridized carbons (Fsp3) is 0.486. The Labute approximate surface area is 285 Å². The summed E-state index contributed by atoms with van der Waals surface area (Å²) in [5.41, 5.74) is 1.16. The molecule has 0 N–H and O–H groups in total. The Balaban J connectivity index is 0.000000192. The number of nitrogens with zero attached hydrogens (tertiary/aromatic N) is 8. The van der Waals surface area contributed by atoms with Gasteiger partial charge in [0, 0.05) is 52.4 Å². The van der Waals surface area contributed by atoms with Crippen LogP contribution in [0.5, 0.6) is 0 Å². The molecule has 262 valence electrons. The molecule has 49 heavy (non-hydrogen) atoms. The minimum absolute atomic E-state index is 0.0722. The second kappa shape index (κ2) is 15.3. The molecule has 0 radical (unpaired) electrons. The van der Waals surface area contributed by atoms with Crippen LogP contribution in [0.15, 0.2) is 36.4 Å². The van der Waals surface area contributed by atoms with Gasteiger partial charge in [-0.3, -0.25) is 9.59 Å². The first-order chi connectivity index (χ1) is 23.3. The maximum atomic E-state index is 14.4. The Morgan fingerprint density at radius 2 is 1.08 bits per heavy atom. The van der Waals surface area contributed by atoms with Gasteiger partial charge in [-0.25, -0.2) is 28.7 Å². The number of rotatable bonds is 6. The Bertz CT molecular complexity index is 1800. The van der Waals surface area contributed by atoms with E-state index in [1.165, 1.54) is 19.2 Å². The van der Waals surface area contributed by atoms with Crippen LogP contribution in [0.4, 0.5) is 20.7 Å². The maximum absolute atomic E-state index is 14.4. The van der Waals surface area contributed by atoms with Crippen molar-refractivity contribution in [1.29, 1.82) is 0 Å². The molecule has 14 heteroatoms. The summed E-state index contributed by atoms with van der Waals surface area (Å²) in [4.78, 5) is 50.5. The average Bonchev–Trinajstić information content (AvgIpc) is 3.04. The van der Waals surface area contributed by atoms with E-state index in [4.69, 9.17) is 9.47 Å². The van der Waals surface area contributed by atoms with Gasteiger partial charge in [0.15, 0.2) is 0 Å². The van der Waals surface area contributed by atoms with Crippen molar-refractivity contribution in [2.45, 2.75) is 39.2 Å². The highest BCUT2D eigenvalue weighted by atomic mass is 19.1. The van der Waals surface area contributed by atoms with Crippen LogP contribution >= 0.6 is 0 Å². The van der Waals surface area contributed by atoms with Gasteiger partial charge in [-0.15, -0.1) is 0 Å². The van der Waals surface area contributed by atoms with E-state index >= 15 is 0 Å². The van der Waals surface area contributed by atoms with Crippen molar-refractivity contribution < 1.29 is 27.8 Å². The number of aromatic nitrogens is 4. The molecule has 2 aromatic heterocycles. The van der Waals surface area contributed by atoms with Gasteiger partial charge in [-0.2, -0.15) is 0 Å². The normalized spacial score (nSPS) is 16.0. The van der Waals surface area contributed by atoms with Crippen LogP contribution in [0.1, 0.15) is 32.2 Å². The molecule has 2 aromatic carbocycles. The van der Waals surface area contributed by atoms with Crippen molar-refractivity contribution in [2.75, 3.05) is 83.4 Å². The van der Waals surface area contributed by atoms with Crippen molar-refractivity contribution in [3.05, 3.63) is 59.4 Å². The highest BCUT2D eigenvalue weighted by Gasteiger charge is 2.24. The lowest BCUT2D eigenvalue weighted by Gasteiger charge is -2.32. The molecular formula is C35H44F2N8O4. The highest BCUT2D eigenvalue weighted by Crippen LogP contribution is 2.26. The number of benzene rings is 2. The third-order valence-electron chi connectivity index (χ3n) is 8.31. The number of carbonyl (C=O) groups excluding carboxylic acids is 2. The highest BCUT2D eigenvalue weighted by molar-refractivity contribution is 5.87. The number of halogens is 2. The maximum Gasteiger partial charge on any atom is 0.312 e. The number of piperazine rings is 2. The van der Waals surface area contributed by atoms with Crippen molar-refractivity contribution in [2.24, 2.45) is 0 Å². The summed E-state index contributed by atoms with van der Waals surface area (Å²) in [5, 5.41) is 0.576. The summed E-state index contributed by atoms with van der Waals surface area (Å²) in [7, 11) is 5.45. The third kappa shape index (κ3) is 9.12. The predicted molar refractivity (Wildman–Crippen MR) is 184 cm³/mol. The number of esters is 2. The van der Waals surface area contributed by atoms with Crippen molar-refractivity contribution in [3.8, 4) is 0 Å². The summed E-state index contributed by atoms with van der Waals surface area (Å²) < 4.78 is 38.7. The zero-order valence-corrected chi connectivity index (χ0v) is 29.0. The fourth-order valence-electron chi connectivity index (χ4n) is 5.68. The summed E-state index contributed by atoms with van der Waals surface area (Å²) in [6.07, 6.45) is -0.158. The van der Waals surface area contributed by atoms with Gasteiger partial charge < -0.3 is 29.1 Å². The smallest absolute Gasteiger partial charge is 0.312 e. The van der Waals surface area contributed by atoms with Crippen LogP contribution in [0.3, 0.4) is 0 Å². The van der Waals surface area contributed by atoms with E-state index in [1.54, 1.807) is 45.0 Å². The van der Waals surface area contributed by atoms with Crippen LogP contribution < -0.4 is 9.80 Å². The Morgan fingerprint density at radius 1 is 0.673 bits per heavy atom. The fourth-order valence-corrected chi connectivity index (χ4v) is 5.68. The molecule has 0 amide bonds. The van der Waals surface area contributed by atoms with Crippen LogP contribution in [-0.2, 0) is 31.9 Å². The largest absolute Gasteiger partial charge is 0.469 e. The minimum atomic E-state index is -0.598. The first kappa shape index (κ1) is 35.7. The summed E-state index contributed by atoms with van der Waals surface area (Å²) >= 11 is 0. The van der Waals surface area contributed by atoms with E-state index in [1.807, 2.05) is 0 Å². The molecule has 4 aromatic rings. The number of carbonyl (C=O) groups is 2. The number of anilines is 2. The standard InChI is InChI=1S/C19H25FN4O2.C16H19FN4O2/c1-19(2,3)26-16(25)12-15-17-13(20)6-5-7-14(17)21-18(22-15)24-10-8-23(4)9-11-24;1-20-6-8-21(9-7-20)16-18-12-5-3-4-11(17)15(12)13(19-16)10-14(22)23-2/h5-7H,8-12H2,1-4H3;3-5H,6-10H2,1-2H3. The van der Waals surface area contributed by atoms with Crippen LogP contribution in [-0.4, -0.2) is 121 Å². The summed E-state index contributed by atoms with van der Waals surface area (Å²) in [5.74, 6) is -0.648. The summed E-state index contributed by atoms with van der Waals surface area (Å²) in [6, 6.07) is 9.43. The van der Waals surface area contributed by atoms with E-state index in [2.05, 4.69) is 53.6 Å². The van der Waals surface area contributed by atoms with Crippen LogP contribution in [0.25, 0.3) is 21.8 Å². The topological polar surface area (TPSA) is 117 Å². The van der Waals surface area contributed by atoms with Crippen molar-refractivity contribution in [3.63, 3.8) is 0 Å². The summed E-state index contributed by atoms with van der Waals surface area (Å²) in [6.45, 7) is 12.2. The molecule has 0 aliphatic carbocycles. The molecule has 2 fully saturated rings. The van der Waals surface area contributed by atoms with E-state index in [0.29, 0.717) is 34.3 Å². The molecule has 4 heterocycles. The molecule has 0 bridgehead atoms. The Morgan fingerprint density at radius 3 is 1.47 bits per heavy atom. The Hall–Kier alpha value is -4.56. The van der Waals surface area contributed by atoms with Gasteiger partial charge in [0.25, 0.3) is 0 Å². The van der Waals surface area contributed by atoms with E-state index in [0.717, 1.165) is 52.4 Å². The molecule has 0 saturated carbocycles. The first-order valence-electron chi connectivity index (χ1n) is 16.4. The van der Waals surface area contributed by atoms with Gasteiger partial charge in [0.1, 0.15) is 17.2 Å². The number of likely N-dealkylation sites (N-methyl/N-ethyl adjacent to an activating group) is 2. The Kier molecular flexibility index (Phi) is 11.2. The SMILES string of the molecule is CN1CCN(c2nc(CC(=O)OC(C)(C)C)c3c(F)cccc3n2)CC1.COC(=O)Cc1nc(N2CCN(C)CC2)nc2cccc(F)c12. The van der Waals surface area contributed by atoms with Gasteiger partial charge in [-0.1, -0.05) is 12.1 Å². The molecule has 0 atom stereocenters. The molecular weight excluding hydrogens is 634 g/mol. The molecule has 6 rings (SSSR count). The van der Waals surface area contributed by atoms with Crippen molar-refractivity contribution >= 4 is 45.6 Å². The molecule has 2 saturated heterocycles. The van der Waals surface area contributed by atoms with E-state index in [9.17, 15) is 18.4 Å². The number of methoxy groups -OCH3 is 1. The van der Waals surface area contributed by atoms with Gasteiger partial charge in [0.2, 0.25) is 11.9 Å². The monoisotopic (exact) mass is 678 g/mol. The van der Waals surface area contributed by atoms with Crippen LogP contribution in [0.2, 0.25) is 0 Å². The zero-order valence-electron chi connectivity index (χ0n) is 29.0. The lowest BCUT2D eigenvalue weighted by atomic mass is 10.1. The molecule has 2 aliphatic rings. The van der Waals surface area contributed by atoms with Gasteiger partial charge >= 0.3 is 11.9 Å². The minimum Gasteiger partial charge on any atom is -0.469 e. The number of ether oxygens (including phenoxy) is 2. The predicted octanol–water partition coefficient (Wildman–Crippen LogP) is 3.64. The van der Waals surface area contributed by atoms with Gasteiger partial charge in [-0.05, 0) is 59.1 Å². The average molecular weight is 679 g/mol. The molecule has 0 spiro atoms. The zero-order chi connectivity index (χ0) is 35.3. The number of hydrogen-bond acceptors (Lipinski definition) is 12. The first-order valence-corrected chi connectivity index (χ1v) is 16.4. The second-order valence-electron chi connectivity index (χ2n) is 13.3.